The molecule has 5 nitrogen and oxygen atoms in total. The number of carbonyl (C=O) groups is 1. The molecule has 1 unspecified atom stereocenters. The average Bonchev–Trinajstić information content (AvgIpc) is 2.49. The Morgan fingerprint density at radius 1 is 1.38 bits per heavy atom. The number of anilines is 1. The van der Waals surface area contributed by atoms with Gasteiger partial charge >= 0.3 is 0 Å². The molecule has 0 heterocycles. The fraction of sp³-hybridized carbons (Fsp3) is 0.562. The van der Waals surface area contributed by atoms with E-state index in [0.29, 0.717) is 26.4 Å². The smallest absolute Gasteiger partial charge is 0.228 e. The van der Waals surface area contributed by atoms with E-state index in [0.717, 1.165) is 24.1 Å². The van der Waals surface area contributed by atoms with Crippen molar-refractivity contribution in [2.45, 2.75) is 26.4 Å². The van der Waals surface area contributed by atoms with E-state index in [-0.39, 0.29) is 11.8 Å². The lowest BCUT2D eigenvalue weighted by Gasteiger charge is -2.14. The highest BCUT2D eigenvalue weighted by atomic mass is 16.5. The molecule has 0 aliphatic heterocycles. The zero-order chi connectivity index (χ0) is 15.5. The molecule has 3 N–H and O–H groups in total. The summed E-state index contributed by atoms with van der Waals surface area (Å²) in [6.45, 7) is 4.06. The van der Waals surface area contributed by atoms with Crippen molar-refractivity contribution in [2.75, 3.05) is 32.2 Å². The number of amides is 1. The van der Waals surface area contributed by atoms with Gasteiger partial charge in [0.25, 0.3) is 0 Å². The van der Waals surface area contributed by atoms with Gasteiger partial charge in [-0.05, 0) is 24.1 Å². The summed E-state index contributed by atoms with van der Waals surface area (Å²) >= 11 is 0. The van der Waals surface area contributed by atoms with Crippen LogP contribution in [0.4, 0.5) is 5.69 Å². The van der Waals surface area contributed by atoms with Crippen molar-refractivity contribution in [3.63, 3.8) is 0 Å². The SMILES string of the molecule is CCCC(CN)C(=O)Nc1cccc(COCCOC)c1. The van der Waals surface area contributed by atoms with Crippen LogP contribution in [-0.4, -0.2) is 32.8 Å². The van der Waals surface area contributed by atoms with Crippen LogP contribution in [0.5, 0.6) is 0 Å². The largest absolute Gasteiger partial charge is 0.382 e. The Kier molecular flexibility index (Phi) is 8.66. The summed E-state index contributed by atoms with van der Waals surface area (Å²) in [5, 5.41) is 2.92. The summed E-state index contributed by atoms with van der Waals surface area (Å²) in [5.41, 5.74) is 7.44. The maximum Gasteiger partial charge on any atom is 0.228 e. The second-order valence-corrected chi connectivity index (χ2v) is 4.96. The Morgan fingerprint density at radius 3 is 2.86 bits per heavy atom. The van der Waals surface area contributed by atoms with Crippen LogP contribution >= 0.6 is 0 Å². The van der Waals surface area contributed by atoms with Gasteiger partial charge in [-0.15, -0.1) is 0 Å². The number of hydrogen-bond acceptors (Lipinski definition) is 4. The number of benzene rings is 1. The van der Waals surface area contributed by atoms with Gasteiger partial charge in [0.05, 0.1) is 25.7 Å². The molecule has 0 aliphatic carbocycles. The van der Waals surface area contributed by atoms with E-state index in [1.54, 1.807) is 7.11 Å². The van der Waals surface area contributed by atoms with Gasteiger partial charge in [0.1, 0.15) is 0 Å². The van der Waals surface area contributed by atoms with Crippen molar-refractivity contribution >= 4 is 11.6 Å². The van der Waals surface area contributed by atoms with Crippen LogP contribution in [-0.2, 0) is 20.9 Å². The molecule has 0 aromatic heterocycles. The van der Waals surface area contributed by atoms with Crippen LogP contribution in [0.1, 0.15) is 25.3 Å². The molecule has 1 aromatic rings. The van der Waals surface area contributed by atoms with Crippen LogP contribution in [0, 0.1) is 5.92 Å². The van der Waals surface area contributed by atoms with Gasteiger partial charge in [0.15, 0.2) is 0 Å². The van der Waals surface area contributed by atoms with E-state index >= 15 is 0 Å². The molecular weight excluding hydrogens is 268 g/mol. The zero-order valence-electron chi connectivity index (χ0n) is 12.9. The summed E-state index contributed by atoms with van der Waals surface area (Å²) < 4.78 is 10.4. The summed E-state index contributed by atoms with van der Waals surface area (Å²) in [5.74, 6) is -0.145. The predicted octanol–water partition coefficient (Wildman–Crippen LogP) is 2.16. The number of nitrogens with one attached hydrogen (secondary N) is 1. The van der Waals surface area contributed by atoms with E-state index in [1.165, 1.54) is 0 Å². The second kappa shape index (κ2) is 10.3. The van der Waals surface area contributed by atoms with Crippen LogP contribution in [0.3, 0.4) is 0 Å². The number of nitrogens with two attached hydrogens (primary N) is 1. The third-order valence-corrected chi connectivity index (χ3v) is 3.19. The number of methoxy groups -OCH3 is 1. The molecule has 0 saturated carbocycles. The molecule has 0 radical (unpaired) electrons. The summed E-state index contributed by atoms with van der Waals surface area (Å²) in [4.78, 5) is 12.1. The van der Waals surface area contributed by atoms with E-state index in [2.05, 4.69) is 5.32 Å². The van der Waals surface area contributed by atoms with Gasteiger partial charge in [0.2, 0.25) is 5.91 Å². The topological polar surface area (TPSA) is 73.6 Å². The third-order valence-electron chi connectivity index (χ3n) is 3.19. The maximum atomic E-state index is 12.1. The summed E-state index contributed by atoms with van der Waals surface area (Å²) in [6, 6.07) is 7.66. The Morgan fingerprint density at radius 2 is 2.19 bits per heavy atom. The standard InChI is InChI=1S/C16H26N2O3/c1-3-5-14(11-17)16(19)18-15-7-4-6-13(10-15)12-21-9-8-20-2/h4,6-7,10,14H,3,5,8-9,11-12,17H2,1-2H3,(H,18,19). The molecule has 0 bridgehead atoms. The van der Waals surface area contributed by atoms with Crippen molar-refractivity contribution in [2.24, 2.45) is 11.7 Å². The lowest BCUT2D eigenvalue weighted by molar-refractivity contribution is -0.119. The van der Waals surface area contributed by atoms with Crippen LogP contribution in [0.2, 0.25) is 0 Å². The summed E-state index contributed by atoms with van der Waals surface area (Å²) in [7, 11) is 1.64. The van der Waals surface area contributed by atoms with Gasteiger partial charge in [-0.25, -0.2) is 0 Å². The fourth-order valence-electron chi connectivity index (χ4n) is 2.02. The molecule has 0 fully saturated rings. The van der Waals surface area contributed by atoms with Crippen molar-refractivity contribution in [1.82, 2.24) is 0 Å². The highest BCUT2D eigenvalue weighted by Crippen LogP contribution is 2.14. The lowest BCUT2D eigenvalue weighted by atomic mass is 10.0. The molecule has 118 valence electrons. The van der Waals surface area contributed by atoms with Crippen LogP contribution < -0.4 is 11.1 Å². The minimum atomic E-state index is -0.128. The molecule has 1 aromatic carbocycles. The Bertz CT molecular complexity index is 424. The monoisotopic (exact) mass is 294 g/mol. The fourth-order valence-corrected chi connectivity index (χ4v) is 2.02. The van der Waals surface area contributed by atoms with E-state index in [1.807, 2.05) is 31.2 Å². The van der Waals surface area contributed by atoms with Crippen LogP contribution in [0.15, 0.2) is 24.3 Å². The number of rotatable bonds is 10. The molecule has 21 heavy (non-hydrogen) atoms. The maximum absolute atomic E-state index is 12.1. The molecule has 0 aliphatic rings. The van der Waals surface area contributed by atoms with Crippen LogP contribution in [0.25, 0.3) is 0 Å². The highest BCUT2D eigenvalue weighted by molar-refractivity contribution is 5.92. The molecule has 0 spiro atoms. The van der Waals surface area contributed by atoms with Gasteiger partial charge in [-0.1, -0.05) is 25.5 Å². The molecule has 1 atom stereocenters. The van der Waals surface area contributed by atoms with Gasteiger partial charge in [0, 0.05) is 19.3 Å². The van der Waals surface area contributed by atoms with Crippen molar-refractivity contribution in [3.8, 4) is 0 Å². The number of carbonyl (C=O) groups excluding carboxylic acids is 1. The average molecular weight is 294 g/mol. The first-order valence-electron chi connectivity index (χ1n) is 7.37. The normalized spacial score (nSPS) is 12.1. The zero-order valence-corrected chi connectivity index (χ0v) is 12.9. The molecule has 0 saturated heterocycles. The van der Waals surface area contributed by atoms with Gasteiger partial charge in [-0.2, -0.15) is 0 Å². The first-order chi connectivity index (χ1) is 10.2. The van der Waals surface area contributed by atoms with E-state index < -0.39 is 0 Å². The number of hydrogen-bond donors (Lipinski definition) is 2. The highest BCUT2D eigenvalue weighted by Gasteiger charge is 2.15. The number of ether oxygens (including phenoxy) is 2. The molecule has 5 heteroatoms. The summed E-state index contributed by atoms with van der Waals surface area (Å²) in [6.07, 6.45) is 1.75. The third kappa shape index (κ3) is 6.71. The minimum Gasteiger partial charge on any atom is -0.382 e. The Labute approximate surface area is 126 Å². The molecular formula is C16H26N2O3. The quantitative estimate of drug-likeness (QED) is 0.649. The Hall–Kier alpha value is -1.43. The Balaban J connectivity index is 2.53. The van der Waals surface area contributed by atoms with E-state index in [4.69, 9.17) is 15.2 Å². The lowest BCUT2D eigenvalue weighted by Crippen LogP contribution is -2.29. The van der Waals surface area contributed by atoms with Crippen molar-refractivity contribution < 1.29 is 14.3 Å². The van der Waals surface area contributed by atoms with E-state index in [9.17, 15) is 4.79 Å². The van der Waals surface area contributed by atoms with Gasteiger partial charge < -0.3 is 20.5 Å². The van der Waals surface area contributed by atoms with Crippen molar-refractivity contribution in [1.29, 1.82) is 0 Å². The van der Waals surface area contributed by atoms with Gasteiger partial charge in [-0.3, -0.25) is 4.79 Å². The second-order valence-electron chi connectivity index (χ2n) is 4.96. The molecule has 1 rings (SSSR count). The molecule has 1 amide bonds. The first-order valence-corrected chi connectivity index (χ1v) is 7.37. The van der Waals surface area contributed by atoms with Crippen molar-refractivity contribution in [3.05, 3.63) is 29.8 Å². The first kappa shape index (κ1) is 17.6. The predicted molar refractivity (Wildman–Crippen MR) is 84.1 cm³/mol. The minimum absolute atomic E-state index is 0.0169.